The quantitative estimate of drug-likeness (QED) is 0.583. The van der Waals surface area contributed by atoms with Crippen LogP contribution < -0.4 is 0 Å². The molecule has 0 aliphatic rings. The number of hydrogen-bond donors (Lipinski definition) is 0. The summed E-state index contributed by atoms with van der Waals surface area (Å²) in [6.07, 6.45) is 1.55. The van der Waals surface area contributed by atoms with Crippen LogP contribution in [0.4, 0.5) is 0 Å². The molecule has 1 aromatic carbocycles. The molecule has 0 bridgehead atoms. The summed E-state index contributed by atoms with van der Waals surface area (Å²) < 4.78 is 23.3. The molecule has 0 fully saturated rings. The Hall–Kier alpha value is 0.130. The molecule has 2 nitrogen and oxygen atoms in total. The minimum absolute atomic E-state index is 0.0463. The van der Waals surface area contributed by atoms with Gasteiger partial charge in [0.1, 0.15) is 9.84 Å². The molecule has 0 saturated carbocycles. The van der Waals surface area contributed by atoms with Crippen molar-refractivity contribution < 1.29 is 8.42 Å². The van der Waals surface area contributed by atoms with Gasteiger partial charge in [0.05, 0.1) is 5.75 Å². The van der Waals surface area contributed by atoms with E-state index >= 15 is 0 Å². The Morgan fingerprint density at radius 1 is 1.20 bits per heavy atom. The predicted molar refractivity (Wildman–Crippen MR) is 94.0 cm³/mol. The van der Waals surface area contributed by atoms with Crippen molar-refractivity contribution in [3.8, 4) is 0 Å². The molecule has 20 heavy (non-hydrogen) atoms. The third kappa shape index (κ3) is 4.85. The molecule has 0 aromatic heterocycles. The van der Waals surface area contributed by atoms with Crippen molar-refractivity contribution in [2.24, 2.45) is 0 Å². The van der Waals surface area contributed by atoms with Crippen molar-refractivity contribution in [2.75, 3.05) is 22.2 Å². The molecule has 0 aliphatic heterocycles. The summed E-state index contributed by atoms with van der Waals surface area (Å²) in [5.41, 5.74) is 2.45. The number of benzene rings is 1. The lowest BCUT2D eigenvalue weighted by Crippen LogP contribution is -2.31. The Balaban J connectivity index is 2.88. The molecule has 5 heteroatoms. The Morgan fingerprint density at radius 3 is 2.35 bits per heavy atom. The first kappa shape index (κ1) is 18.2. The Morgan fingerprint density at radius 2 is 1.85 bits per heavy atom. The van der Waals surface area contributed by atoms with Crippen LogP contribution in [-0.4, -0.2) is 30.6 Å². The molecule has 1 rings (SSSR count). The van der Waals surface area contributed by atoms with E-state index in [1.165, 1.54) is 11.1 Å². The third-order valence-electron chi connectivity index (χ3n) is 3.69. The number of hydrogen-bond acceptors (Lipinski definition) is 2. The maximum absolute atomic E-state index is 11.6. The van der Waals surface area contributed by atoms with Crippen LogP contribution in [0.25, 0.3) is 0 Å². The topological polar surface area (TPSA) is 34.1 Å². The van der Waals surface area contributed by atoms with Crippen LogP contribution in [0.2, 0.25) is 0 Å². The number of alkyl halides is 2. The van der Waals surface area contributed by atoms with E-state index in [1.54, 1.807) is 6.92 Å². The van der Waals surface area contributed by atoms with Gasteiger partial charge in [-0.1, -0.05) is 68.6 Å². The maximum Gasteiger partial charge on any atom is 0.150 e. The monoisotopic (exact) mass is 424 g/mol. The lowest BCUT2D eigenvalue weighted by atomic mass is 9.80. The van der Waals surface area contributed by atoms with E-state index in [-0.39, 0.29) is 16.9 Å². The van der Waals surface area contributed by atoms with Crippen molar-refractivity contribution in [2.45, 2.75) is 32.1 Å². The summed E-state index contributed by atoms with van der Waals surface area (Å²) >= 11 is 7.23. The van der Waals surface area contributed by atoms with Crippen LogP contribution in [-0.2, 0) is 15.3 Å². The first-order valence-corrected chi connectivity index (χ1v) is 10.8. The minimum Gasteiger partial charge on any atom is -0.229 e. The zero-order valence-electron chi connectivity index (χ0n) is 12.0. The highest BCUT2D eigenvalue weighted by Gasteiger charge is 2.30. The molecule has 1 aromatic rings. The largest absolute Gasteiger partial charge is 0.229 e. The van der Waals surface area contributed by atoms with Crippen molar-refractivity contribution in [3.63, 3.8) is 0 Å². The molecule has 0 N–H and O–H groups in total. The Bertz CT molecular complexity index is 522. The molecular formula is C15H22Br2O2S. The Kier molecular flexibility index (Phi) is 7.22. The number of rotatable bonds is 8. The van der Waals surface area contributed by atoms with Gasteiger partial charge in [-0.05, 0) is 25.3 Å². The fourth-order valence-electron chi connectivity index (χ4n) is 2.22. The Labute approximate surface area is 139 Å². The second-order valence-electron chi connectivity index (χ2n) is 5.26. The summed E-state index contributed by atoms with van der Waals surface area (Å²) in [4.78, 5) is 0. The lowest BCUT2D eigenvalue weighted by Gasteiger charge is -2.31. The van der Waals surface area contributed by atoms with Gasteiger partial charge in [0.25, 0.3) is 0 Å². The summed E-state index contributed by atoms with van der Waals surface area (Å²) in [6.45, 7) is 3.79. The van der Waals surface area contributed by atoms with Crippen LogP contribution in [0.15, 0.2) is 24.3 Å². The molecule has 0 unspecified atom stereocenters. The SMILES string of the molecule is CCS(=O)(=O)CCCC(CBr)(CBr)c1cccc(C)c1. The van der Waals surface area contributed by atoms with Gasteiger partial charge in [-0.3, -0.25) is 0 Å². The van der Waals surface area contributed by atoms with E-state index in [2.05, 4.69) is 63.0 Å². The molecule has 0 atom stereocenters. The summed E-state index contributed by atoms with van der Waals surface area (Å²) in [5, 5.41) is 1.64. The van der Waals surface area contributed by atoms with Gasteiger partial charge < -0.3 is 0 Å². The third-order valence-corrected chi connectivity index (χ3v) is 7.63. The van der Waals surface area contributed by atoms with E-state index in [4.69, 9.17) is 0 Å². The first-order valence-electron chi connectivity index (χ1n) is 6.78. The minimum atomic E-state index is -2.88. The standard InChI is InChI=1S/C15H22Br2O2S/c1-3-20(18,19)9-5-8-15(11-16,12-17)14-7-4-6-13(2)10-14/h4,6-7,10H,3,5,8-9,11-12H2,1-2H3. The summed E-state index contributed by atoms with van der Waals surface area (Å²) in [5.74, 6) is 0.504. The van der Waals surface area contributed by atoms with Gasteiger partial charge in [0.15, 0.2) is 0 Å². The normalized spacial score (nSPS) is 12.6. The van der Waals surface area contributed by atoms with E-state index in [0.29, 0.717) is 6.42 Å². The van der Waals surface area contributed by atoms with E-state index in [0.717, 1.165) is 17.1 Å². The van der Waals surface area contributed by atoms with Gasteiger partial charge in [0, 0.05) is 21.8 Å². The number of aryl methyl sites for hydroxylation is 1. The van der Waals surface area contributed by atoms with Crippen LogP contribution in [0, 0.1) is 6.92 Å². The van der Waals surface area contributed by atoms with Crippen molar-refractivity contribution in [1.29, 1.82) is 0 Å². The lowest BCUT2D eigenvalue weighted by molar-refractivity contribution is 0.494. The predicted octanol–water partition coefficient (Wildman–Crippen LogP) is 4.24. The van der Waals surface area contributed by atoms with Crippen molar-refractivity contribution in [1.82, 2.24) is 0 Å². The molecule has 0 aliphatic carbocycles. The van der Waals surface area contributed by atoms with Crippen molar-refractivity contribution >= 4 is 41.7 Å². The number of sulfone groups is 1. The molecular weight excluding hydrogens is 404 g/mol. The average molecular weight is 426 g/mol. The van der Waals surface area contributed by atoms with E-state index in [9.17, 15) is 8.42 Å². The highest BCUT2D eigenvalue weighted by molar-refractivity contribution is 9.09. The van der Waals surface area contributed by atoms with Gasteiger partial charge >= 0.3 is 0 Å². The van der Waals surface area contributed by atoms with Crippen LogP contribution >= 0.6 is 31.9 Å². The second kappa shape index (κ2) is 7.95. The smallest absolute Gasteiger partial charge is 0.150 e. The molecule has 0 radical (unpaired) electrons. The highest BCUT2D eigenvalue weighted by Crippen LogP contribution is 2.34. The zero-order chi connectivity index (χ0) is 15.2. The zero-order valence-corrected chi connectivity index (χ0v) is 16.0. The summed E-state index contributed by atoms with van der Waals surface area (Å²) in [6, 6.07) is 8.46. The fourth-order valence-corrected chi connectivity index (χ4v) is 5.23. The van der Waals surface area contributed by atoms with Gasteiger partial charge in [-0.2, -0.15) is 0 Å². The molecule has 0 heterocycles. The van der Waals surface area contributed by atoms with Gasteiger partial charge in [-0.15, -0.1) is 0 Å². The molecule has 0 amide bonds. The van der Waals surface area contributed by atoms with Crippen molar-refractivity contribution in [3.05, 3.63) is 35.4 Å². The van der Waals surface area contributed by atoms with E-state index in [1.807, 2.05) is 0 Å². The van der Waals surface area contributed by atoms with Gasteiger partial charge in [-0.25, -0.2) is 8.42 Å². The molecule has 0 spiro atoms. The molecule has 114 valence electrons. The van der Waals surface area contributed by atoms with E-state index < -0.39 is 9.84 Å². The fraction of sp³-hybridized carbons (Fsp3) is 0.600. The highest BCUT2D eigenvalue weighted by atomic mass is 79.9. The summed E-state index contributed by atoms with van der Waals surface area (Å²) in [7, 11) is -2.88. The van der Waals surface area contributed by atoms with Crippen LogP contribution in [0.5, 0.6) is 0 Å². The van der Waals surface area contributed by atoms with Crippen LogP contribution in [0.3, 0.4) is 0 Å². The van der Waals surface area contributed by atoms with Gasteiger partial charge in [0.2, 0.25) is 0 Å². The average Bonchev–Trinajstić information content (AvgIpc) is 2.44. The maximum atomic E-state index is 11.6. The second-order valence-corrected chi connectivity index (χ2v) is 8.85. The number of halogens is 2. The molecule has 0 saturated heterocycles. The van der Waals surface area contributed by atoms with Crippen LogP contribution in [0.1, 0.15) is 30.9 Å². The first-order chi connectivity index (χ1) is 9.39.